The molecule has 0 radical (unpaired) electrons. The molecular formula is C31H31F4N5O3S. The number of amides is 2. The maximum atomic E-state index is 14.9. The van der Waals surface area contributed by atoms with Gasteiger partial charge in [0.2, 0.25) is 11.8 Å². The molecule has 3 aliphatic rings. The number of anilines is 1. The fourth-order valence-corrected chi connectivity index (χ4v) is 8.17. The summed E-state index contributed by atoms with van der Waals surface area (Å²) in [7, 11) is 0. The van der Waals surface area contributed by atoms with E-state index in [2.05, 4.69) is 11.6 Å². The van der Waals surface area contributed by atoms with E-state index in [4.69, 9.17) is 0 Å². The van der Waals surface area contributed by atoms with E-state index in [-0.39, 0.29) is 76.5 Å². The Bertz CT molecular complexity index is 1710. The molecule has 44 heavy (non-hydrogen) atoms. The van der Waals surface area contributed by atoms with E-state index in [1.807, 2.05) is 13.8 Å². The predicted molar refractivity (Wildman–Crippen MR) is 160 cm³/mol. The van der Waals surface area contributed by atoms with E-state index in [9.17, 15) is 31.9 Å². The number of nitrogens with zero attached hydrogens (tertiary/aromatic N) is 5. The third kappa shape index (κ3) is 5.14. The molecule has 2 saturated heterocycles. The van der Waals surface area contributed by atoms with Crippen LogP contribution in [0.5, 0.6) is 0 Å². The summed E-state index contributed by atoms with van der Waals surface area (Å²) < 4.78 is 60.0. The lowest BCUT2D eigenvalue weighted by atomic mass is 9.96. The second-order valence-electron chi connectivity index (χ2n) is 11.6. The number of carbonyl (C=O) groups is 2. The van der Waals surface area contributed by atoms with Crippen LogP contribution in [-0.4, -0.2) is 74.7 Å². The van der Waals surface area contributed by atoms with Crippen molar-refractivity contribution in [2.45, 2.75) is 62.4 Å². The van der Waals surface area contributed by atoms with Crippen LogP contribution in [0.1, 0.15) is 32.3 Å². The third-order valence-electron chi connectivity index (χ3n) is 8.65. The lowest BCUT2D eigenvalue weighted by molar-refractivity contribution is -0.137. The van der Waals surface area contributed by atoms with Gasteiger partial charge in [0, 0.05) is 66.3 Å². The highest BCUT2D eigenvalue weighted by Crippen LogP contribution is 2.48. The summed E-state index contributed by atoms with van der Waals surface area (Å²) in [6.07, 6.45) is -2.51. The Hall–Kier alpha value is -3.87. The summed E-state index contributed by atoms with van der Waals surface area (Å²) >= 11 is 1.17. The van der Waals surface area contributed by atoms with Crippen molar-refractivity contribution in [1.29, 1.82) is 0 Å². The van der Waals surface area contributed by atoms with Crippen LogP contribution in [0.2, 0.25) is 0 Å². The number of thioether (sulfide) groups is 1. The molecule has 2 aromatic carbocycles. The highest BCUT2D eigenvalue weighted by atomic mass is 32.2. The smallest absolute Gasteiger partial charge is 0.352 e. The second kappa shape index (κ2) is 11.2. The average molecular weight is 630 g/mol. The van der Waals surface area contributed by atoms with Crippen molar-refractivity contribution in [3.8, 4) is 11.1 Å². The number of alkyl halides is 3. The number of hydrogen-bond donors (Lipinski definition) is 0. The summed E-state index contributed by atoms with van der Waals surface area (Å²) in [5.74, 6) is -0.522. The minimum Gasteiger partial charge on any atom is -0.352 e. The molecule has 3 atom stereocenters. The standard InChI is InChI=1S/C31H31F4N5O3S/c1-4-24(41)40-17(2)13-37(14-18(40)3)29-22-12-23(31(33,34)35)26(19-7-9-20(32)10-8-19)28-27(22)39(30(43)36-29)15-21(16-44-28)38-11-5-6-25(38)42/h4,7-10,12,17-18,21H,1,5-6,11,13-16H2,2-3H3/t17-,18+,21-/m0/s1. The van der Waals surface area contributed by atoms with Gasteiger partial charge >= 0.3 is 11.9 Å². The number of halogens is 4. The first-order valence-corrected chi connectivity index (χ1v) is 15.4. The van der Waals surface area contributed by atoms with Gasteiger partial charge in [-0.2, -0.15) is 18.2 Å². The maximum Gasteiger partial charge on any atom is 0.417 e. The molecular weight excluding hydrogens is 598 g/mol. The summed E-state index contributed by atoms with van der Waals surface area (Å²) in [6.45, 7) is 8.29. The first-order chi connectivity index (χ1) is 20.9. The van der Waals surface area contributed by atoms with E-state index >= 15 is 0 Å². The van der Waals surface area contributed by atoms with Gasteiger partial charge in [0.15, 0.2) is 0 Å². The van der Waals surface area contributed by atoms with Crippen molar-refractivity contribution >= 4 is 40.3 Å². The van der Waals surface area contributed by atoms with Gasteiger partial charge in [-0.25, -0.2) is 9.18 Å². The van der Waals surface area contributed by atoms with E-state index in [0.717, 1.165) is 18.2 Å². The number of piperazine rings is 1. The Morgan fingerprint density at radius 3 is 2.36 bits per heavy atom. The van der Waals surface area contributed by atoms with Crippen molar-refractivity contribution in [2.75, 3.05) is 30.3 Å². The van der Waals surface area contributed by atoms with Gasteiger partial charge in [-0.15, -0.1) is 11.8 Å². The van der Waals surface area contributed by atoms with Crippen molar-refractivity contribution < 1.29 is 27.2 Å². The zero-order chi connectivity index (χ0) is 31.5. The number of aromatic nitrogens is 2. The number of benzene rings is 2. The van der Waals surface area contributed by atoms with Gasteiger partial charge < -0.3 is 14.7 Å². The van der Waals surface area contributed by atoms with Gasteiger partial charge in [-0.3, -0.25) is 14.2 Å². The molecule has 0 aliphatic carbocycles. The topological polar surface area (TPSA) is 78.8 Å². The average Bonchev–Trinajstić information content (AvgIpc) is 3.29. The maximum absolute atomic E-state index is 14.9. The molecule has 6 rings (SSSR count). The molecule has 0 unspecified atom stereocenters. The fraction of sp³-hybridized carbons (Fsp3) is 0.419. The molecule has 2 fully saturated rings. The third-order valence-corrected chi connectivity index (χ3v) is 9.89. The van der Waals surface area contributed by atoms with Crippen LogP contribution in [-0.2, 0) is 22.3 Å². The Morgan fingerprint density at radius 1 is 1.09 bits per heavy atom. The number of rotatable bonds is 4. The molecule has 13 heteroatoms. The lowest BCUT2D eigenvalue weighted by Gasteiger charge is -2.44. The molecule has 3 aliphatic heterocycles. The van der Waals surface area contributed by atoms with Crippen LogP contribution in [0.4, 0.5) is 23.4 Å². The van der Waals surface area contributed by atoms with Gasteiger partial charge in [0.05, 0.1) is 17.1 Å². The Balaban J connectivity index is 1.61. The van der Waals surface area contributed by atoms with Crippen LogP contribution in [0.15, 0.2) is 52.7 Å². The van der Waals surface area contributed by atoms with Crippen LogP contribution in [0.3, 0.4) is 0 Å². The Kier molecular flexibility index (Phi) is 7.71. The minimum atomic E-state index is -4.79. The quantitative estimate of drug-likeness (QED) is 0.301. The molecule has 0 bridgehead atoms. The summed E-state index contributed by atoms with van der Waals surface area (Å²) in [5.41, 5.74) is -1.24. The predicted octanol–water partition coefficient (Wildman–Crippen LogP) is 4.93. The fourth-order valence-electron chi connectivity index (χ4n) is 6.79. The van der Waals surface area contributed by atoms with E-state index in [1.165, 1.54) is 34.5 Å². The lowest BCUT2D eigenvalue weighted by Crippen LogP contribution is -2.58. The second-order valence-corrected chi connectivity index (χ2v) is 12.6. The zero-order valence-electron chi connectivity index (χ0n) is 24.2. The van der Waals surface area contributed by atoms with Crippen molar-refractivity contribution in [3.63, 3.8) is 0 Å². The molecule has 0 spiro atoms. The van der Waals surface area contributed by atoms with E-state index < -0.39 is 29.3 Å². The van der Waals surface area contributed by atoms with Gasteiger partial charge in [-0.1, -0.05) is 18.7 Å². The van der Waals surface area contributed by atoms with Gasteiger partial charge in [0.1, 0.15) is 11.6 Å². The normalized spacial score (nSPS) is 22.5. The minimum absolute atomic E-state index is 0.0555. The van der Waals surface area contributed by atoms with Crippen molar-refractivity contribution in [2.24, 2.45) is 0 Å². The summed E-state index contributed by atoms with van der Waals surface area (Å²) in [6, 6.07) is 4.76. The van der Waals surface area contributed by atoms with Crippen molar-refractivity contribution in [3.05, 3.63) is 64.9 Å². The monoisotopic (exact) mass is 629 g/mol. The molecule has 2 amide bonds. The van der Waals surface area contributed by atoms with Crippen molar-refractivity contribution in [1.82, 2.24) is 19.4 Å². The molecule has 4 heterocycles. The highest BCUT2D eigenvalue weighted by molar-refractivity contribution is 7.99. The van der Waals surface area contributed by atoms with Crippen LogP contribution in [0, 0.1) is 5.82 Å². The Morgan fingerprint density at radius 2 is 1.77 bits per heavy atom. The van der Waals surface area contributed by atoms with E-state index in [0.29, 0.717) is 24.9 Å². The molecule has 0 N–H and O–H groups in total. The molecule has 232 valence electrons. The largest absolute Gasteiger partial charge is 0.417 e. The van der Waals surface area contributed by atoms with E-state index in [1.54, 1.807) is 14.7 Å². The van der Waals surface area contributed by atoms with Gasteiger partial charge in [0.25, 0.3) is 0 Å². The summed E-state index contributed by atoms with van der Waals surface area (Å²) in [4.78, 5) is 48.8. The molecule has 1 aromatic heterocycles. The first kappa shape index (κ1) is 30.2. The van der Waals surface area contributed by atoms with Crippen LogP contribution in [0.25, 0.3) is 22.0 Å². The van der Waals surface area contributed by atoms with Crippen LogP contribution < -0.4 is 10.6 Å². The van der Waals surface area contributed by atoms with Crippen LogP contribution >= 0.6 is 11.8 Å². The molecule has 8 nitrogen and oxygen atoms in total. The highest BCUT2D eigenvalue weighted by Gasteiger charge is 2.40. The Labute approximate surface area is 255 Å². The van der Waals surface area contributed by atoms with Gasteiger partial charge in [-0.05, 0) is 50.1 Å². The number of hydrogen-bond acceptors (Lipinski definition) is 6. The molecule has 3 aromatic rings. The SMILES string of the molecule is C=CC(=O)N1[C@H](C)CN(c2nc(=O)n3c4c(c(-c5ccc(F)cc5)c(C(F)(F)F)cc24)SC[C@@H](N2CCCC2=O)C3)C[C@@H]1C. The summed E-state index contributed by atoms with van der Waals surface area (Å²) in [5, 5.41) is 0.154. The number of carbonyl (C=O) groups excluding carboxylic acids is 2. The first-order valence-electron chi connectivity index (χ1n) is 14.5. The molecule has 0 saturated carbocycles. The number of likely N-dealkylation sites (tertiary alicyclic amines) is 1. The zero-order valence-corrected chi connectivity index (χ0v) is 25.1.